The fraction of sp³-hybridized carbons (Fsp3) is 0.588. The molecule has 0 saturated carbocycles. The van der Waals surface area contributed by atoms with Crippen molar-refractivity contribution in [3.63, 3.8) is 0 Å². The Morgan fingerprint density at radius 1 is 1.45 bits per heavy atom. The number of piperidine rings is 1. The van der Waals surface area contributed by atoms with Gasteiger partial charge in [0.25, 0.3) is 0 Å². The molecule has 1 aliphatic rings. The Morgan fingerprint density at radius 2 is 2.23 bits per heavy atom. The van der Waals surface area contributed by atoms with Crippen LogP contribution in [0.4, 0.5) is 0 Å². The van der Waals surface area contributed by atoms with Crippen molar-refractivity contribution >= 4 is 5.97 Å². The van der Waals surface area contributed by atoms with Gasteiger partial charge in [0.15, 0.2) is 11.5 Å². The summed E-state index contributed by atoms with van der Waals surface area (Å²) in [4.78, 5) is 14.1. The zero-order chi connectivity index (χ0) is 16.1. The molecule has 1 aromatic carbocycles. The van der Waals surface area contributed by atoms with Crippen LogP contribution in [-0.4, -0.2) is 42.8 Å². The summed E-state index contributed by atoms with van der Waals surface area (Å²) in [5.74, 6) is 0.501. The van der Waals surface area contributed by atoms with Crippen LogP contribution < -0.4 is 4.74 Å². The molecule has 122 valence electrons. The van der Waals surface area contributed by atoms with Crippen LogP contribution in [0.1, 0.15) is 30.9 Å². The maximum absolute atomic E-state index is 11.9. The summed E-state index contributed by atoms with van der Waals surface area (Å²) in [5, 5.41) is 10.3. The van der Waals surface area contributed by atoms with E-state index < -0.39 is 0 Å². The number of phenols is 1. The molecule has 1 aromatic rings. The van der Waals surface area contributed by atoms with Gasteiger partial charge in [0.1, 0.15) is 0 Å². The molecule has 0 aliphatic carbocycles. The molecule has 0 bridgehead atoms. The van der Waals surface area contributed by atoms with Gasteiger partial charge in [-0.3, -0.25) is 9.69 Å². The predicted molar refractivity (Wildman–Crippen MR) is 84.0 cm³/mol. The summed E-state index contributed by atoms with van der Waals surface area (Å²) < 4.78 is 10.3. The predicted octanol–water partition coefficient (Wildman–Crippen LogP) is 2.48. The summed E-state index contributed by atoms with van der Waals surface area (Å²) >= 11 is 0. The summed E-state index contributed by atoms with van der Waals surface area (Å²) in [6, 6.07) is 3.78. The van der Waals surface area contributed by atoms with Crippen LogP contribution in [0.3, 0.4) is 0 Å². The largest absolute Gasteiger partial charge is 0.504 e. The highest BCUT2D eigenvalue weighted by Crippen LogP contribution is 2.33. The number of esters is 1. The quantitative estimate of drug-likeness (QED) is 0.847. The van der Waals surface area contributed by atoms with Crippen molar-refractivity contribution in [2.24, 2.45) is 5.92 Å². The van der Waals surface area contributed by atoms with E-state index in [1.807, 2.05) is 26.0 Å². The first-order chi connectivity index (χ1) is 10.5. The molecule has 0 aromatic heterocycles. The average molecular weight is 307 g/mol. The third-order valence-corrected chi connectivity index (χ3v) is 4.04. The van der Waals surface area contributed by atoms with Gasteiger partial charge in [-0.05, 0) is 44.9 Å². The second kappa shape index (κ2) is 7.49. The number of rotatable bonds is 5. The molecular weight excluding hydrogens is 282 g/mol. The first-order valence-corrected chi connectivity index (χ1v) is 7.80. The zero-order valence-electron chi connectivity index (χ0n) is 13.6. The zero-order valence-corrected chi connectivity index (χ0v) is 13.6. The van der Waals surface area contributed by atoms with E-state index in [2.05, 4.69) is 4.90 Å². The van der Waals surface area contributed by atoms with Crippen molar-refractivity contribution in [1.29, 1.82) is 0 Å². The molecule has 0 unspecified atom stereocenters. The molecule has 0 radical (unpaired) electrons. The molecular formula is C17H25NO4. The number of aromatic hydroxyl groups is 1. The normalized spacial score (nSPS) is 19.0. The van der Waals surface area contributed by atoms with Crippen molar-refractivity contribution in [3.8, 4) is 11.5 Å². The number of phenolic OH excluding ortho intramolecular Hbond substituents is 1. The lowest BCUT2D eigenvalue weighted by atomic mass is 9.97. The highest BCUT2D eigenvalue weighted by molar-refractivity contribution is 5.72. The Balaban J connectivity index is 2.07. The van der Waals surface area contributed by atoms with Crippen molar-refractivity contribution in [2.75, 3.05) is 26.8 Å². The van der Waals surface area contributed by atoms with E-state index >= 15 is 0 Å². The molecule has 2 rings (SSSR count). The van der Waals surface area contributed by atoms with Crippen LogP contribution in [0.5, 0.6) is 11.5 Å². The van der Waals surface area contributed by atoms with Gasteiger partial charge in [-0.1, -0.05) is 6.07 Å². The molecule has 1 N–H and O–H groups in total. The minimum absolute atomic E-state index is 0.0671. The SMILES string of the molecule is CCOC(=O)[C@H]1CCCN(Cc2cc(C)cc(OC)c2O)C1. The fourth-order valence-corrected chi connectivity index (χ4v) is 2.99. The number of carbonyl (C=O) groups is 1. The standard InChI is InChI=1S/C17H25NO4/c1-4-22-17(20)13-6-5-7-18(10-13)11-14-8-12(2)9-15(21-3)16(14)19/h8-9,13,19H,4-7,10-11H2,1-3H3/t13-/m0/s1. The van der Waals surface area contributed by atoms with Gasteiger partial charge in [0, 0.05) is 18.7 Å². The Bertz CT molecular complexity index is 530. The number of nitrogens with zero attached hydrogens (tertiary/aromatic N) is 1. The lowest BCUT2D eigenvalue weighted by molar-refractivity contribution is -0.150. The second-order valence-corrected chi connectivity index (χ2v) is 5.80. The molecule has 1 fully saturated rings. The van der Waals surface area contributed by atoms with Crippen LogP contribution in [0.2, 0.25) is 0 Å². The Hall–Kier alpha value is -1.75. The fourth-order valence-electron chi connectivity index (χ4n) is 2.99. The third kappa shape index (κ3) is 3.91. The van der Waals surface area contributed by atoms with Gasteiger partial charge in [0.2, 0.25) is 0 Å². The molecule has 5 nitrogen and oxygen atoms in total. The Labute approximate surface area is 131 Å². The van der Waals surface area contributed by atoms with Crippen molar-refractivity contribution < 1.29 is 19.4 Å². The minimum Gasteiger partial charge on any atom is -0.504 e. The molecule has 0 spiro atoms. The van der Waals surface area contributed by atoms with E-state index in [9.17, 15) is 9.90 Å². The summed E-state index contributed by atoms with van der Waals surface area (Å²) in [5.41, 5.74) is 1.88. The van der Waals surface area contributed by atoms with Crippen LogP contribution >= 0.6 is 0 Å². The number of benzene rings is 1. The average Bonchev–Trinajstić information content (AvgIpc) is 2.51. The number of carbonyl (C=O) groups excluding carboxylic acids is 1. The smallest absolute Gasteiger partial charge is 0.310 e. The minimum atomic E-state index is -0.113. The molecule has 5 heteroatoms. The van der Waals surface area contributed by atoms with Crippen LogP contribution in [0, 0.1) is 12.8 Å². The number of likely N-dealkylation sites (tertiary alicyclic amines) is 1. The van der Waals surface area contributed by atoms with E-state index in [4.69, 9.17) is 9.47 Å². The lowest BCUT2D eigenvalue weighted by Gasteiger charge is -2.31. The van der Waals surface area contributed by atoms with Crippen LogP contribution in [0.25, 0.3) is 0 Å². The second-order valence-electron chi connectivity index (χ2n) is 5.80. The Morgan fingerprint density at radius 3 is 2.91 bits per heavy atom. The van der Waals surface area contributed by atoms with E-state index in [0.717, 1.165) is 30.5 Å². The van der Waals surface area contributed by atoms with Gasteiger partial charge >= 0.3 is 5.97 Å². The lowest BCUT2D eigenvalue weighted by Crippen LogP contribution is -2.38. The van der Waals surface area contributed by atoms with E-state index in [1.165, 1.54) is 0 Å². The van der Waals surface area contributed by atoms with Crippen LogP contribution in [-0.2, 0) is 16.1 Å². The number of hydrogen-bond acceptors (Lipinski definition) is 5. The number of ether oxygens (including phenoxy) is 2. The summed E-state index contributed by atoms with van der Waals surface area (Å²) in [6.45, 7) is 6.43. The number of aryl methyl sites for hydroxylation is 1. The molecule has 1 aliphatic heterocycles. The van der Waals surface area contributed by atoms with Crippen LogP contribution in [0.15, 0.2) is 12.1 Å². The van der Waals surface area contributed by atoms with Crippen molar-refractivity contribution in [1.82, 2.24) is 4.90 Å². The van der Waals surface area contributed by atoms with Gasteiger partial charge < -0.3 is 14.6 Å². The highest BCUT2D eigenvalue weighted by atomic mass is 16.5. The van der Waals surface area contributed by atoms with E-state index in [0.29, 0.717) is 25.4 Å². The molecule has 1 atom stereocenters. The summed E-state index contributed by atoms with van der Waals surface area (Å²) in [6.07, 6.45) is 1.84. The maximum atomic E-state index is 11.9. The molecule has 22 heavy (non-hydrogen) atoms. The maximum Gasteiger partial charge on any atom is 0.310 e. The van der Waals surface area contributed by atoms with E-state index in [1.54, 1.807) is 7.11 Å². The van der Waals surface area contributed by atoms with Crippen molar-refractivity contribution in [2.45, 2.75) is 33.2 Å². The summed E-state index contributed by atoms with van der Waals surface area (Å²) in [7, 11) is 1.55. The van der Waals surface area contributed by atoms with E-state index in [-0.39, 0.29) is 17.6 Å². The molecule has 1 heterocycles. The third-order valence-electron chi connectivity index (χ3n) is 4.04. The monoisotopic (exact) mass is 307 g/mol. The van der Waals surface area contributed by atoms with Gasteiger partial charge in [-0.15, -0.1) is 0 Å². The molecule has 0 amide bonds. The number of methoxy groups -OCH3 is 1. The van der Waals surface area contributed by atoms with Gasteiger partial charge in [-0.2, -0.15) is 0 Å². The van der Waals surface area contributed by atoms with Gasteiger partial charge in [0.05, 0.1) is 19.6 Å². The Kier molecular flexibility index (Phi) is 5.66. The van der Waals surface area contributed by atoms with Gasteiger partial charge in [-0.25, -0.2) is 0 Å². The molecule has 1 saturated heterocycles. The topological polar surface area (TPSA) is 59.0 Å². The highest BCUT2D eigenvalue weighted by Gasteiger charge is 2.27. The van der Waals surface area contributed by atoms with Crippen molar-refractivity contribution in [3.05, 3.63) is 23.3 Å². The first kappa shape index (κ1) is 16.6. The first-order valence-electron chi connectivity index (χ1n) is 7.80. The number of hydrogen-bond donors (Lipinski definition) is 1.